The van der Waals surface area contributed by atoms with Crippen molar-refractivity contribution in [1.29, 1.82) is 5.26 Å². The Morgan fingerprint density at radius 1 is 0.381 bits per heavy atom. The van der Waals surface area contributed by atoms with E-state index >= 15 is 0 Å². The summed E-state index contributed by atoms with van der Waals surface area (Å²) in [5.74, 6) is 0. The molecule has 4 heteroatoms. The Balaban J connectivity index is 1.02. The van der Waals surface area contributed by atoms with Crippen molar-refractivity contribution < 1.29 is 0 Å². The SMILES string of the molecule is N#Cc1ccc(-n2c3ccccc3c3cc(N(c4ccc(-c5cc[c]([Ge]([c]6ccccc6)([c]6ccccc6)[c]6ccccc6)cc5)cc4)c4cccc5ccccc45)ccc32)cc1. The number of rotatable bonds is 9. The first-order valence-corrected chi connectivity index (χ1v) is 25.6. The Morgan fingerprint density at radius 3 is 1.49 bits per heavy atom. The number of fused-ring (bicyclic) bond motifs is 4. The molecule has 0 spiro atoms. The monoisotopic (exact) mass is 865 g/mol. The van der Waals surface area contributed by atoms with E-state index in [0.717, 1.165) is 39.2 Å². The first kappa shape index (κ1) is 38.0. The Kier molecular flexibility index (Phi) is 9.77. The van der Waals surface area contributed by atoms with E-state index in [1.807, 2.05) is 24.3 Å². The van der Waals surface area contributed by atoms with Crippen molar-refractivity contribution in [2.24, 2.45) is 0 Å². The van der Waals surface area contributed by atoms with Gasteiger partial charge in [0.05, 0.1) is 22.7 Å². The second-order valence-electron chi connectivity index (χ2n) is 16.0. The van der Waals surface area contributed by atoms with Gasteiger partial charge in [0.15, 0.2) is 0 Å². The van der Waals surface area contributed by atoms with E-state index in [-0.39, 0.29) is 0 Å². The molecule has 0 aliphatic rings. The van der Waals surface area contributed by atoms with Crippen molar-refractivity contribution in [1.82, 2.24) is 4.57 Å². The van der Waals surface area contributed by atoms with Crippen molar-refractivity contribution in [3.63, 3.8) is 0 Å². The predicted molar refractivity (Wildman–Crippen MR) is 267 cm³/mol. The van der Waals surface area contributed by atoms with Crippen LogP contribution in [0.3, 0.4) is 0 Å². The number of para-hydroxylation sites is 1. The standard InChI is InChI=1S/C59H41GeN3/c61-42-43-27-35-52(36-28-43)63-58-25-13-12-24-55(58)56-41-53(39-40-59(56)63)62(57-26-14-16-46-15-10-11-23-54(46)57)51-37-31-45(32-38-51)44-29-33-50(34-30-44)60(47-17-4-1-5-18-47,48-19-6-2-7-20-48)49-21-8-3-9-22-49/h1-41H. The molecule has 0 N–H and O–H groups in total. The van der Waals surface area contributed by atoms with Gasteiger partial charge in [-0.3, -0.25) is 0 Å². The average Bonchev–Trinajstić information content (AvgIpc) is 3.69. The molecule has 296 valence electrons. The molecule has 63 heavy (non-hydrogen) atoms. The van der Waals surface area contributed by atoms with E-state index in [9.17, 15) is 5.26 Å². The molecule has 0 aliphatic heterocycles. The molecule has 0 amide bonds. The molecule has 3 nitrogen and oxygen atoms in total. The minimum atomic E-state index is -3.37. The maximum absolute atomic E-state index is 9.50. The van der Waals surface area contributed by atoms with Crippen LogP contribution in [-0.2, 0) is 0 Å². The third kappa shape index (κ3) is 6.60. The van der Waals surface area contributed by atoms with Gasteiger partial charge in [0.1, 0.15) is 0 Å². The van der Waals surface area contributed by atoms with Gasteiger partial charge in [-0.15, -0.1) is 0 Å². The Bertz CT molecular complexity index is 3330. The zero-order valence-corrected chi connectivity index (χ0v) is 36.6. The van der Waals surface area contributed by atoms with E-state index < -0.39 is 13.3 Å². The average molecular weight is 865 g/mol. The van der Waals surface area contributed by atoms with E-state index in [0.29, 0.717) is 5.56 Å². The summed E-state index contributed by atoms with van der Waals surface area (Å²) < 4.78 is 7.94. The fourth-order valence-corrected chi connectivity index (χ4v) is 19.6. The summed E-state index contributed by atoms with van der Waals surface area (Å²) >= 11 is -3.37. The first-order valence-electron chi connectivity index (χ1n) is 21.4. The maximum atomic E-state index is 9.50. The van der Waals surface area contributed by atoms with Gasteiger partial charge in [-0.1, -0.05) is 42.5 Å². The molecular weight excluding hydrogens is 823 g/mol. The van der Waals surface area contributed by atoms with Crippen molar-refractivity contribution in [3.8, 4) is 22.9 Å². The Labute approximate surface area is 370 Å². The van der Waals surface area contributed by atoms with Crippen molar-refractivity contribution in [3.05, 3.63) is 254 Å². The smallest absolute Gasteiger partial charge is 0.0423 e. The Hall–Kier alpha value is -7.91. The summed E-state index contributed by atoms with van der Waals surface area (Å²) in [4.78, 5) is 2.39. The molecule has 0 aliphatic carbocycles. The number of nitriles is 1. The normalized spacial score (nSPS) is 11.5. The summed E-state index contributed by atoms with van der Waals surface area (Å²) in [6.07, 6.45) is 0. The molecule has 1 heterocycles. The molecule has 0 bridgehead atoms. The van der Waals surface area contributed by atoms with Crippen LogP contribution in [0.4, 0.5) is 17.1 Å². The van der Waals surface area contributed by atoms with E-state index in [1.54, 1.807) is 0 Å². The summed E-state index contributed by atoms with van der Waals surface area (Å²) in [5, 5.41) is 14.2. The van der Waals surface area contributed by atoms with E-state index in [1.165, 1.54) is 44.9 Å². The predicted octanol–water partition coefficient (Wildman–Crippen LogP) is 12.3. The molecule has 0 atom stereocenters. The van der Waals surface area contributed by atoms with Gasteiger partial charge in [0, 0.05) is 11.1 Å². The van der Waals surface area contributed by atoms with Gasteiger partial charge in [0.2, 0.25) is 0 Å². The second kappa shape index (κ2) is 16.2. The van der Waals surface area contributed by atoms with Gasteiger partial charge in [-0.25, -0.2) is 0 Å². The first-order chi connectivity index (χ1) is 31.2. The van der Waals surface area contributed by atoms with Gasteiger partial charge in [-0.2, -0.15) is 5.26 Å². The van der Waals surface area contributed by atoms with Gasteiger partial charge < -0.3 is 4.57 Å². The van der Waals surface area contributed by atoms with Crippen molar-refractivity contribution in [2.75, 3.05) is 4.90 Å². The van der Waals surface area contributed by atoms with Crippen molar-refractivity contribution >= 4 is 80.5 Å². The molecule has 0 radical (unpaired) electrons. The quantitative estimate of drug-likeness (QED) is 0.135. The fraction of sp³-hybridized carbons (Fsp3) is 0. The number of hydrogen-bond donors (Lipinski definition) is 0. The van der Waals surface area contributed by atoms with E-state index in [2.05, 4.69) is 240 Å². The topological polar surface area (TPSA) is 32.0 Å². The molecule has 0 fully saturated rings. The van der Waals surface area contributed by atoms with Gasteiger partial charge in [-0.05, 0) is 30.3 Å². The summed E-state index contributed by atoms with van der Waals surface area (Å²) in [6, 6.07) is 92.6. The zero-order chi connectivity index (χ0) is 42.2. The molecule has 0 unspecified atom stereocenters. The van der Waals surface area contributed by atoms with Crippen LogP contribution in [0.1, 0.15) is 5.56 Å². The number of hydrogen-bond acceptors (Lipinski definition) is 2. The third-order valence-electron chi connectivity index (χ3n) is 12.6. The van der Waals surface area contributed by atoms with Gasteiger partial charge >= 0.3 is 256 Å². The zero-order valence-electron chi connectivity index (χ0n) is 34.5. The summed E-state index contributed by atoms with van der Waals surface area (Å²) in [6.45, 7) is 0. The van der Waals surface area contributed by atoms with Crippen LogP contribution in [0.2, 0.25) is 0 Å². The third-order valence-corrected chi connectivity index (χ3v) is 22.6. The van der Waals surface area contributed by atoms with Crippen LogP contribution in [0, 0.1) is 11.3 Å². The van der Waals surface area contributed by atoms with Crippen LogP contribution in [0.15, 0.2) is 249 Å². The number of aromatic nitrogens is 1. The van der Waals surface area contributed by atoms with Gasteiger partial charge in [0.25, 0.3) is 0 Å². The number of nitrogens with zero attached hydrogens (tertiary/aromatic N) is 3. The fourth-order valence-electron chi connectivity index (χ4n) is 9.67. The van der Waals surface area contributed by atoms with Crippen LogP contribution < -0.4 is 22.5 Å². The summed E-state index contributed by atoms with van der Waals surface area (Å²) in [7, 11) is 0. The van der Waals surface area contributed by atoms with E-state index in [4.69, 9.17) is 0 Å². The molecule has 11 rings (SSSR count). The summed E-state index contributed by atoms with van der Waals surface area (Å²) in [5.41, 5.74) is 9.53. The minimum Gasteiger partial charge on any atom is -0.0423 e. The van der Waals surface area contributed by atoms with Crippen LogP contribution in [0.25, 0.3) is 49.4 Å². The van der Waals surface area contributed by atoms with Crippen LogP contribution >= 0.6 is 0 Å². The molecule has 11 aromatic rings. The number of anilines is 3. The molecule has 1 aromatic heterocycles. The molecular formula is C59H41GeN3. The van der Waals surface area contributed by atoms with Crippen LogP contribution in [0.5, 0.6) is 0 Å². The molecule has 10 aromatic carbocycles. The minimum absolute atomic E-state index is 0.647. The van der Waals surface area contributed by atoms with Crippen LogP contribution in [-0.4, -0.2) is 17.8 Å². The van der Waals surface area contributed by atoms with Crippen molar-refractivity contribution in [2.45, 2.75) is 0 Å². The second-order valence-corrected chi connectivity index (χ2v) is 24.0. The molecule has 0 saturated carbocycles. The molecule has 0 saturated heterocycles. The number of benzene rings is 10. The Morgan fingerprint density at radius 2 is 0.873 bits per heavy atom.